The molecule has 9 heavy (non-hydrogen) atoms. The zero-order valence-corrected chi connectivity index (χ0v) is 5.60. The molecule has 0 spiro atoms. The van der Waals surface area contributed by atoms with Crippen molar-refractivity contribution in [3.63, 3.8) is 0 Å². The van der Waals surface area contributed by atoms with Crippen LogP contribution in [0.3, 0.4) is 0 Å². The molecule has 0 amide bonds. The van der Waals surface area contributed by atoms with Gasteiger partial charge in [-0.25, -0.2) is 0 Å². The van der Waals surface area contributed by atoms with Crippen molar-refractivity contribution in [2.45, 2.75) is 12.5 Å². The second kappa shape index (κ2) is 3.64. The lowest BCUT2D eigenvalue weighted by Crippen LogP contribution is -2.38. The molecule has 1 N–H and O–H groups in total. The number of rotatable bonds is 2. The van der Waals surface area contributed by atoms with Gasteiger partial charge in [0.15, 0.2) is 0 Å². The smallest absolute Gasteiger partial charge is 0.0734 e. The van der Waals surface area contributed by atoms with Crippen LogP contribution in [0.2, 0.25) is 0 Å². The van der Waals surface area contributed by atoms with Crippen LogP contribution < -0.4 is 5.32 Å². The number of ether oxygens (including phenoxy) is 1. The first-order valence-corrected chi connectivity index (χ1v) is 3.36. The quantitative estimate of drug-likeness (QED) is 0.547. The Morgan fingerprint density at radius 1 is 1.78 bits per heavy atom. The molecule has 1 rings (SSSR count). The molecular formula is C7H13NO. The maximum absolute atomic E-state index is 5.38. The summed E-state index contributed by atoms with van der Waals surface area (Å²) in [5, 5.41) is 3.25. The molecule has 0 aromatic rings. The molecule has 1 aliphatic heterocycles. The lowest BCUT2D eigenvalue weighted by Gasteiger charge is -2.21. The van der Waals surface area contributed by atoms with Crippen LogP contribution >= 0.6 is 0 Å². The Morgan fingerprint density at radius 3 is 3.22 bits per heavy atom. The number of nitrogens with one attached hydrogen (secondary N) is 1. The van der Waals surface area contributed by atoms with E-state index in [0.29, 0.717) is 6.10 Å². The molecule has 0 aromatic heterocycles. The molecule has 1 atom stereocenters. The average molecular weight is 127 g/mol. The van der Waals surface area contributed by atoms with E-state index in [1.165, 1.54) is 0 Å². The van der Waals surface area contributed by atoms with E-state index < -0.39 is 0 Å². The summed E-state index contributed by atoms with van der Waals surface area (Å²) in [6, 6.07) is 0. The molecule has 2 heteroatoms. The monoisotopic (exact) mass is 127 g/mol. The Balaban J connectivity index is 2.15. The summed E-state index contributed by atoms with van der Waals surface area (Å²) in [6.07, 6.45) is 3.24. The van der Waals surface area contributed by atoms with E-state index in [0.717, 1.165) is 26.1 Å². The highest BCUT2D eigenvalue weighted by molar-refractivity contribution is 4.76. The van der Waals surface area contributed by atoms with Crippen molar-refractivity contribution < 1.29 is 4.74 Å². The van der Waals surface area contributed by atoms with Crippen molar-refractivity contribution in [2.24, 2.45) is 0 Å². The van der Waals surface area contributed by atoms with E-state index in [9.17, 15) is 0 Å². The highest BCUT2D eigenvalue weighted by Crippen LogP contribution is 2.00. The standard InChI is InChI=1S/C7H13NO/c1-2-3-7-6-8-4-5-9-7/h2,7-8H,1,3-6H2. The molecule has 0 saturated carbocycles. The van der Waals surface area contributed by atoms with E-state index >= 15 is 0 Å². The van der Waals surface area contributed by atoms with Gasteiger partial charge in [-0.3, -0.25) is 0 Å². The van der Waals surface area contributed by atoms with E-state index in [4.69, 9.17) is 4.74 Å². The van der Waals surface area contributed by atoms with Gasteiger partial charge in [-0.2, -0.15) is 0 Å². The fraction of sp³-hybridized carbons (Fsp3) is 0.714. The Bertz CT molecular complexity index is 86.9. The zero-order chi connectivity index (χ0) is 6.53. The predicted octanol–water partition coefficient (Wildman–Crippen LogP) is 0.551. The molecule has 0 aromatic carbocycles. The molecule has 1 saturated heterocycles. The van der Waals surface area contributed by atoms with Crippen molar-refractivity contribution in [3.05, 3.63) is 12.7 Å². The average Bonchev–Trinajstić information content (AvgIpc) is 1.91. The fourth-order valence-electron chi connectivity index (χ4n) is 0.957. The molecule has 52 valence electrons. The fourth-order valence-corrected chi connectivity index (χ4v) is 0.957. The lowest BCUT2D eigenvalue weighted by atomic mass is 10.2. The zero-order valence-electron chi connectivity index (χ0n) is 5.60. The molecule has 1 heterocycles. The largest absolute Gasteiger partial charge is 0.375 e. The van der Waals surface area contributed by atoms with Crippen molar-refractivity contribution >= 4 is 0 Å². The summed E-state index contributed by atoms with van der Waals surface area (Å²) < 4.78 is 5.38. The maximum Gasteiger partial charge on any atom is 0.0734 e. The first kappa shape index (κ1) is 6.78. The normalized spacial score (nSPS) is 27.8. The molecule has 1 aliphatic rings. The first-order valence-electron chi connectivity index (χ1n) is 3.36. The summed E-state index contributed by atoms with van der Waals surface area (Å²) in [5.41, 5.74) is 0. The molecular weight excluding hydrogens is 114 g/mol. The Labute approximate surface area is 55.9 Å². The van der Waals surface area contributed by atoms with Crippen molar-refractivity contribution in [1.82, 2.24) is 5.32 Å². The van der Waals surface area contributed by atoms with Gasteiger partial charge < -0.3 is 10.1 Å². The highest BCUT2D eigenvalue weighted by atomic mass is 16.5. The van der Waals surface area contributed by atoms with Crippen LogP contribution in [0, 0.1) is 0 Å². The van der Waals surface area contributed by atoms with Gasteiger partial charge in [0, 0.05) is 13.1 Å². The third kappa shape index (κ3) is 2.16. The summed E-state index contributed by atoms with van der Waals surface area (Å²) >= 11 is 0. The molecule has 1 fully saturated rings. The minimum Gasteiger partial charge on any atom is -0.375 e. The number of hydrogen-bond acceptors (Lipinski definition) is 2. The van der Waals surface area contributed by atoms with Crippen molar-refractivity contribution in [1.29, 1.82) is 0 Å². The van der Waals surface area contributed by atoms with Crippen LogP contribution in [0.15, 0.2) is 12.7 Å². The van der Waals surface area contributed by atoms with Gasteiger partial charge in [0.1, 0.15) is 0 Å². The van der Waals surface area contributed by atoms with Gasteiger partial charge in [0.25, 0.3) is 0 Å². The second-order valence-corrected chi connectivity index (χ2v) is 2.22. The summed E-state index contributed by atoms with van der Waals surface area (Å²) in [4.78, 5) is 0. The molecule has 0 radical (unpaired) electrons. The summed E-state index contributed by atoms with van der Waals surface area (Å²) in [6.45, 7) is 6.46. The second-order valence-electron chi connectivity index (χ2n) is 2.22. The van der Waals surface area contributed by atoms with Crippen molar-refractivity contribution in [3.8, 4) is 0 Å². The van der Waals surface area contributed by atoms with Crippen molar-refractivity contribution in [2.75, 3.05) is 19.7 Å². The van der Waals surface area contributed by atoms with Gasteiger partial charge >= 0.3 is 0 Å². The van der Waals surface area contributed by atoms with E-state index in [1.807, 2.05) is 6.08 Å². The molecule has 2 nitrogen and oxygen atoms in total. The van der Waals surface area contributed by atoms with Crippen LogP contribution in [0.1, 0.15) is 6.42 Å². The van der Waals surface area contributed by atoms with Crippen LogP contribution in [-0.2, 0) is 4.74 Å². The maximum atomic E-state index is 5.38. The van der Waals surface area contributed by atoms with Crippen LogP contribution in [0.25, 0.3) is 0 Å². The van der Waals surface area contributed by atoms with Gasteiger partial charge in [0.2, 0.25) is 0 Å². The van der Waals surface area contributed by atoms with Crippen LogP contribution in [0.4, 0.5) is 0 Å². The Hall–Kier alpha value is -0.340. The Kier molecular flexibility index (Phi) is 2.74. The number of hydrogen-bond donors (Lipinski definition) is 1. The van der Waals surface area contributed by atoms with Crippen LogP contribution in [0.5, 0.6) is 0 Å². The predicted molar refractivity (Wildman–Crippen MR) is 37.4 cm³/mol. The van der Waals surface area contributed by atoms with Gasteiger partial charge in [-0.1, -0.05) is 6.08 Å². The van der Waals surface area contributed by atoms with Crippen LogP contribution in [-0.4, -0.2) is 25.8 Å². The number of morpholine rings is 1. The first-order chi connectivity index (χ1) is 4.43. The topological polar surface area (TPSA) is 21.3 Å². The summed E-state index contributed by atoms with van der Waals surface area (Å²) in [5.74, 6) is 0. The summed E-state index contributed by atoms with van der Waals surface area (Å²) in [7, 11) is 0. The molecule has 1 unspecified atom stereocenters. The van der Waals surface area contributed by atoms with Gasteiger partial charge in [0.05, 0.1) is 12.7 Å². The Morgan fingerprint density at radius 2 is 2.67 bits per heavy atom. The molecule has 0 bridgehead atoms. The van der Waals surface area contributed by atoms with E-state index in [-0.39, 0.29) is 0 Å². The van der Waals surface area contributed by atoms with E-state index in [1.54, 1.807) is 0 Å². The van der Waals surface area contributed by atoms with Gasteiger partial charge in [-0.15, -0.1) is 6.58 Å². The van der Waals surface area contributed by atoms with E-state index in [2.05, 4.69) is 11.9 Å². The third-order valence-corrected chi connectivity index (χ3v) is 1.43. The third-order valence-electron chi connectivity index (χ3n) is 1.43. The lowest BCUT2D eigenvalue weighted by molar-refractivity contribution is 0.0309. The minimum atomic E-state index is 0.372. The highest BCUT2D eigenvalue weighted by Gasteiger charge is 2.09. The SMILES string of the molecule is C=CCC1CNCCO1. The minimum absolute atomic E-state index is 0.372. The molecule has 0 aliphatic carbocycles. The van der Waals surface area contributed by atoms with Gasteiger partial charge in [-0.05, 0) is 6.42 Å².